The van der Waals surface area contributed by atoms with E-state index in [4.69, 9.17) is 0 Å². The van der Waals surface area contributed by atoms with Crippen LogP contribution in [0, 0.1) is 26.0 Å². The first kappa shape index (κ1) is 18.8. The van der Waals surface area contributed by atoms with E-state index in [-0.39, 0.29) is 32.7 Å². The van der Waals surface area contributed by atoms with Gasteiger partial charge < -0.3 is 0 Å². The minimum Gasteiger partial charge on any atom is -0.184 e. The van der Waals surface area contributed by atoms with Gasteiger partial charge in [0.05, 0.1) is 0 Å². The zero-order valence-corrected chi connectivity index (χ0v) is 16.1. The van der Waals surface area contributed by atoms with Gasteiger partial charge in [0.2, 0.25) is 0 Å². The maximum Gasteiger partial charge on any atom is 0 e. The molecule has 0 amide bonds. The molecule has 3 aromatic rings. The van der Waals surface area contributed by atoms with Crippen molar-refractivity contribution in [3.63, 3.8) is 0 Å². The van der Waals surface area contributed by atoms with Crippen LogP contribution in [-0.4, -0.2) is 0 Å². The molecule has 109 valence electrons. The van der Waals surface area contributed by atoms with Crippen molar-refractivity contribution in [3.8, 4) is 0 Å². The van der Waals surface area contributed by atoms with Gasteiger partial charge in [-0.25, -0.2) is 0 Å². The molecule has 0 aliphatic carbocycles. The average molecular weight is 361 g/mol. The van der Waals surface area contributed by atoms with Crippen LogP contribution >= 0.6 is 0 Å². The minimum absolute atomic E-state index is 0. The van der Waals surface area contributed by atoms with Gasteiger partial charge in [-0.15, -0.1) is 0 Å². The van der Waals surface area contributed by atoms with E-state index in [1.54, 1.807) is 0 Å². The fourth-order valence-electron chi connectivity index (χ4n) is 1.95. The van der Waals surface area contributed by atoms with Crippen molar-refractivity contribution in [1.29, 1.82) is 0 Å². The molecule has 0 bridgehead atoms. The summed E-state index contributed by atoms with van der Waals surface area (Å²) in [7, 11) is 0. The van der Waals surface area contributed by atoms with Gasteiger partial charge in [0.1, 0.15) is 0 Å². The first-order chi connectivity index (χ1) is 10.2. The largest absolute Gasteiger partial charge is 0.184 e. The summed E-state index contributed by atoms with van der Waals surface area (Å²) < 4.78 is 0. The second-order valence-electron chi connectivity index (χ2n) is 5.15. The smallest absolute Gasteiger partial charge is 0 e. The molecular weight excluding hydrogens is 341 g/mol. The van der Waals surface area contributed by atoms with E-state index in [9.17, 15) is 0 Å². The summed E-state index contributed by atoms with van der Waals surface area (Å²) in [5.41, 5.74) is 5.28. The molecule has 0 fully saturated rings. The van der Waals surface area contributed by atoms with E-state index in [0.29, 0.717) is 0 Å². The topological polar surface area (TPSA) is 0 Å². The van der Waals surface area contributed by atoms with Gasteiger partial charge in [-0.1, -0.05) is 42.3 Å². The Labute approximate surface area is 159 Å². The quantitative estimate of drug-likeness (QED) is 0.552. The van der Waals surface area contributed by atoms with Crippen molar-refractivity contribution in [2.75, 3.05) is 0 Å². The van der Waals surface area contributed by atoms with Crippen molar-refractivity contribution in [3.05, 3.63) is 107 Å². The van der Waals surface area contributed by atoms with Gasteiger partial charge >= 0.3 is 0 Å². The fourth-order valence-corrected chi connectivity index (χ4v) is 1.95. The monoisotopic (exact) mass is 361 g/mol. The molecule has 0 aromatic heterocycles. The number of rotatable bonds is 2. The van der Waals surface area contributed by atoms with Crippen molar-refractivity contribution < 1.29 is 32.7 Å². The first-order valence-electron chi connectivity index (χ1n) is 7.17. The van der Waals surface area contributed by atoms with E-state index >= 15 is 0 Å². The van der Waals surface area contributed by atoms with Crippen LogP contribution < -0.4 is 0 Å². The van der Waals surface area contributed by atoms with Crippen molar-refractivity contribution in [2.45, 2.75) is 20.3 Å². The predicted molar refractivity (Wildman–Crippen MR) is 89.3 cm³/mol. The van der Waals surface area contributed by atoms with Crippen LogP contribution in [0.1, 0.15) is 22.3 Å². The van der Waals surface area contributed by atoms with Gasteiger partial charge in [-0.2, -0.15) is 71.8 Å². The minimum atomic E-state index is 0. The van der Waals surface area contributed by atoms with E-state index < -0.39 is 0 Å². The number of benzene rings is 3. The van der Waals surface area contributed by atoms with E-state index in [0.717, 1.165) is 6.42 Å². The van der Waals surface area contributed by atoms with E-state index in [1.165, 1.54) is 22.3 Å². The Morgan fingerprint density at radius 1 is 0.682 bits per heavy atom. The number of hydrogen-bond acceptors (Lipinski definition) is 0. The van der Waals surface area contributed by atoms with E-state index in [2.05, 4.69) is 56.3 Å². The summed E-state index contributed by atoms with van der Waals surface area (Å²) >= 11 is 0. The maximum absolute atomic E-state index is 3.09. The standard InChI is InChI=1S/C14H13.C7H7.Y/c1-12-7-9-14(10-8-12)11-13-5-3-2-4-6-13;1-7-5-3-2-4-6-7;/h2-3,5-10H,11H2,1H3;3-6H,1H3;/q2*-1;. The molecule has 0 nitrogen and oxygen atoms in total. The first-order valence-corrected chi connectivity index (χ1v) is 7.17. The van der Waals surface area contributed by atoms with Crippen LogP contribution in [0.25, 0.3) is 0 Å². The average Bonchev–Trinajstić information content (AvgIpc) is 2.52. The van der Waals surface area contributed by atoms with Crippen LogP contribution in [0.2, 0.25) is 0 Å². The Bertz CT molecular complexity index is 628. The molecule has 0 saturated carbocycles. The Balaban J connectivity index is 0.000000258. The van der Waals surface area contributed by atoms with Crippen molar-refractivity contribution in [1.82, 2.24) is 0 Å². The molecular formula is C21H20Y-2. The Morgan fingerprint density at radius 3 is 1.82 bits per heavy atom. The molecule has 1 heteroatoms. The van der Waals surface area contributed by atoms with Crippen molar-refractivity contribution >= 4 is 0 Å². The van der Waals surface area contributed by atoms with Crippen LogP contribution in [0.3, 0.4) is 0 Å². The Kier molecular flexibility index (Phi) is 8.96. The third-order valence-corrected chi connectivity index (χ3v) is 3.19. The molecule has 0 heterocycles. The molecule has 1 radical (unpaired) electrons. The predicted octanol–water partition coefficient (Wildman–Crippen LogP) is 5.18. The molecule has 0 atom stereocenters. The summed E-state index contributed by atoms with van der Waals surface area (Å²) in [4.78, 5) is 0. The maximum atomic E-state index is 3.09. The fraction of sp³-hybridized carbons (Fsp3) is 0.143. The molecule has 0 spiro atoms. The van der Waals surface area contributed by atoms with Crippen molar-refractivity contribution in [2.24, 2.45) is 0 Å². The molecule has 0 unspecified atom stereocenters. The second kappa shape index (κ2) is 10.5. The third kappa shape index (κ3) is 7.16. The number of aryl methyl sites for hydroxylation is 2. The summed E-state index contributed by atoms with van der Waals surface area (Å²) in [5, 5.41) is 0. The zero-order valence-electron chi connectivity index (χ0n) is 13.2. The molecule has 0 aliphatic rings. The van der Waals surface area contributed by atoms with Crippen LogP contribution in [-0.2, 0) is 39.1 Å². The van der Waals surface area contributed by atoms with Gasteiger partial charge in [-0.3, -0.25) is 0 Å². The van der Waals surface area contributed by atoms with Gasteiger partial charge in [-0.05, 0) is 13.3 Å². The number of hydrogen-bond donors (Lipinski definition) is 0. The summed E-state index contributed by atoms with van der Waals surface area (Å²) in [6.07, 6.45) is 0.998. The molecule has 0 aliphatic heterocycles. The second-order valence-corrected chi connectivity index (χ2v) is 5.15. The van der Waals surface area contributed by atoms with Crippen LogP contribution in [0.4, 0.5) is 0 Å². The Hall–Kier alpha value is -1.24. The van der Waals surface area contributed by atoms with Crippen LogP contribution in [0.5, 0.6) is 0 Å². The molecule has 0 N–H and O–H groups in total. The molecule has 22 heavy (non-hydrogen) atoms. The summed E-state index contributed by atoms with van der Waals surface area (Å²) in [6, 6.07) is 30.7. The van der Waals surface area contributed by atoms with Gasteiger partial charge in [0.15, 0.2) is 0 Å². The SMILES string of the molecule is Cc1cc[c-]cc1.Cc1ccc(Cc2c[c-]ccc2)cc1.[Y]. The van der Waals surface area contributed by atoms with E-state index in [1.807, 2.05) is 42.5 Å². The molecule has 3 rings (SSSR count). The zero-order chi connectivity index (χ0) is 14.9. The Morgan fingerprint density at radius 2 is 1.32 bits per heavy atom. The summed E-state index contributed by atoms with van der Waals surface area (Å²) in [5.74, 6) is 0. The normalized spacial score (nSPS) is 9.18. The summed E-state index contributed by atoms with van der Waals surface area (Å²) in [6.45, 7) is 4.17. The van der Waals surface area contributed by atoms with Gasteiger partial charge in [0.25, 0.3) is 0 Å². The molecule has 3 aromatic carbocycles. The molecule has 0 saturated heterocycles. The van der Waals surface area contributed by atoms with Crippen LogP contribution in [0.15, 0.2) is 72.8 Å². The third-order valence-electron chi connectivity index (χ3n) is 3.19. The van der Waals surface area contributed by atoms with Gasteiger partial charge in [0, 0.05) is 32.7 Å².